The Morgan fingerprint density at radius 2 is 1.90 bits per heavy atom. The van der Waals surface area contributed by atoms with Crippen LogP contribution in [-0.4, -0.2) is 45.1 Å². The molecule has 0 fully saturated rings. The van der Waals surface area contributed by atoms with Gasteiger partial charge >= 0.3 is 6.18 Å². The number of rotatable bonds is 6. The van der Waals surface area contributed by atoms with Crippen molar-refractivity contribution in [2.75, 3.05) is 24.6 Å². The van der Waals surface area contributed by atoms with Gasteiger partial charge in [-0.25, -0.2) is 8.42 Å². The highest BCUT2D eigenvalue weighted by Gasteiger charge is 2.47. The molecule has 1 aromatic rings. The van der Waals surface area contributed by atoms with Gasteiger partial charge in [0.1, 0.15) is 0 Å². The zero-order chi connectivity index (χ0) is 15.4. The third-order valence-corrected chi connectivity index (χ3v) is 4.83. The summed E-state index contributed by atoms with van der Waals surface area (Å²) >= 11 is 0. The standard InChI is InChI=1S/C11H15F3N2O3S/c1-9(11(12,13)14)20(17,18)16(7-8-19-2)10-3-5-15-6-4-10/h3-6,9H,7-8H2,1-2H3/t9-/m0/s1. The van der Waals surface area contributed by atoms with Crippen LogP contribution in [0.15, 0.2) is 24.5 Å². The van der Waals surface area contributed by atoms with Crippen molar-refractivity contribution < 1.29 is 26.3 Å². The van der Waals surface area contributed by atoms with Crippen LogP contribution >= 0.6 is 0 Å². The molecule has 1 rings (SSSR count). The Labute approximate surface area is 115 Å². The number of halogens is 3. The molecule has 0 N–H and O–H groups in total. The molecule has 1 heterocycles. The SMILES string of the molecule is COCCN(c1ccncc1)S(=O)(=O)[C@@H](C)C(F)(F)F. The smallest absolute Gasteiger partial charge is 0.383 e. The highest BCUT2D eigenvalue weighted by Crippen LogP contribution is 2.30. The van der Waals surface area contributed by atoms with Crippen LogP contribution in [0.25, 0.3) is 0 Å². The molecular weight excluding hydrogens is 297 g/mol. The van der Waals surface area contributed by atoms with Gasteiger partial charge in [-0.05, 0) is 19.1 Å². The summed E-state index contributed by atoms with van der Waals surface area (Å²) in [6, 6.07) is 2.66. The lowest BCUT2D eigenvalue weighted by atomic mass is 10.4. The Kier molecular flexibility index (Phi) is 5.35. The third-order valence-electron chi connectivity index (χ3n) is 2.66. The van der Waals surface area contributed by atoms with Gasteiger partial charge < -0.3 is 4.74 Å². The highest BCUT2D eigenvalue weighted by atomic mass is 32.2. The van der Waals surface area contributed by atoms with Gasteiger partial charge in [-0.15, -0.1) is 0 Å². The Hall–Kier alpha value is -1.35. The maximum atomic E-state index is 12.7. The predicted molar refractivity (Wildman–Crippen MR) is 67.9 cm³/mol. The van der Waals surface area contributed by atoms with Crippen LogP contribution in [-0.2, 0) is 14.8 Å². The molecule has 0 bridgehead atoms. The van der Waals surface area contributed by atoms with E-state index in [-0.39, 0.29) is 18.8 Å². The van der Waals surface area contributed by atoms with Gasteiger partial charge in [0, 0.05) is 19.5 Å². The van der Waals surface area contributed by atoms with Crippen molar-refractivity contribution in [3.63, 3.8) is 0 Å². The third kappa shape index (κ3) is 3.83. The van der Waals surface area contributed by atoms with Crippen molar-refractivity contribution in [1.29, 1.82) is 0 Å². The van der Waals surface area contributed by atoms with E-state index in [0.717, 1.165) is 0 Å². The van der Waals surface area contributed by atoms with Gasteiger partial charge in [0.2, 0.25) is 10.0 Å². The average molecular weight is 312 g/mol. The molecule has 0 radical (unpaired) electrons. The molecule has 1 atom stereocenters. The molecule has 0 amide bonds. The largest absolute Gasteiger partial charge is 0.407 e. The molecular formula is C11H15F3N2O3S. The number of alkyl halides is 3. The Bertz CT molecular complexity index is 519. The van der Waals surface area contributed by atoms with Crippen LogP contribution in [0.1, 0.15) is 6.92 Å². The molecule has 20 heavy (non-hydrogen) atoms. The summed E-state index contributed by atoms with van der Waals surface area (Å²) in [4.78, 5) is 3.71. The van der Waals surface area contributed by atoms with Gasteiger partial charge in [0.15, 0.2) is 5.25 Å². The second-order valence-electron chi connectivity index (χ2n) is 4.00. The lowest BCUT2D eigenvalue weighted by molar-refractivity contribution is -0.126. The molecule has 0 aliphatic rings. The van der Waals surface area contributed by atoms with Gasteiger partial charge in [-0.3, -0.25) is 9.29 Å². The zero-order valence-corrected chi connectivity index (χ0v) is 11.8. The Balaban J connectivity index is 3.17. The molecule has 0 saturated heterocycles. The second-order valence-corrected chi connectivity index (χ2v) is 6.18. The van der Waals surface area contributed by atoms with E-state index in [4.69, 9.17) is 4.74 Å². The minimum Gasteiger partial charge on any atom is -0.383 e. The molecule has 0 aromatic carbocycles. The van der Waals surface area contributed by atoms with E-state index in [1.54, 1.807) is 0 Å². The normalized spacial score (nSPS) is 14.1. The fourth-order valence-electron chi connectivity index (χ4n) is 1.45. The summed E-state index contributed by atoms with van der Waals surface area (Å²) in [6.07, 6.45) is -2.22. The number of methoxy groups -OCH3 is 1. The Morgan fingerprint density at radius 1 is 1.35 bits per heavy atom. The van der Waals surface area contributed by atoms with Crippen molar-refractivity contribution in [2.45, 2.75) is 18.3 Å². The molecule has 114 valence electrons. The summed E-state index contributed by atoms with van der Waals surface area (Å²) in [5.41, 5.74) is 0.119. The summed E-state index contributed by atoms with van der Waals surface area (Å²) in [7, 11) is -3.25. The predicted octanol–water partition coefficient (Wildman–Crippen LogP) is 1.82. The number of ether oxygens (including phenoxy) is 1. The second kappa shape index (κ2) is 6.40. The fourth-order valence-corrected chi connectivity index (χ4v) is 2.91. The van der Waals surface area contributed by atoms with Crippen molar-refractivity contribution in [3.8, 4) is 0 Å². The number of hydrogen-bond donors (Lipinski definition) is 0. The Morgan fingerprint density at radius 3 is 2.35 bits per heavy atom. The topological polar surface area (TPSA) is 59.5 Å². The first-order chi connectivity index (χ1) is 9.21. The van der Waals surface area contributed by atoms with Crippen LogP contribution in [0.2, 0.25) is 0 Å². The minimum absolute atomic E-state index is 0.0217. The van der Waals surface area contributed by atoms with Crippen molar-refractivity contribution >= 4 is 15.7 Å². The summed E-state index contributed by atoms with van der Waals surface area (Å²) in [5, 5.41) is -2.50. The molecule has 0 aliphatic heterocycles. The van der Waals surface area contributed by atoms with E-state index in [1.165, 1.54) is 31.6 Å². The molecule has 5 nitrogen and oxygen atoms in total. The van der Waals surface area contributed by atoms with E-state index in [1.807, 2.05) is 0 Å². The van der Waals surface area contributed by atoms with Gasteiger partial charge in [0.25, 0.3) is 0 Å². The summed E-state index contributed by atoms with van der Waals surface area (Å²) in [6.45, 7) is 0.395. The number of nitrogens with zero attached hydrogens (tertiary/aromatic N) is 2. The van der Waals surface area contributed by atoms with Gasteiger partial charge in [-0.1, -0.05) is 0 Å². The van der Waals surface area contributed by atoms with E-state index in [2.05, 4.69) is 4.98 Å². The van der Waals surface area contributed by atoms with Crippen molar-refractivity contribution in [1.82, 2.24) is 4.98 Å². The first kappa shape index (κ1) is 16.7. The lowest BCUT2D eigenvalue weighted by Gasteiger charge is -2.28. The quantitative estimate of drug-likeness (QED) is 0.804. The number of aromatic nitrogens is 1. The first-order valence-corrected chi connectivity index (χ1v) is 7.18. The maximum absolute atomic E-state index is 12.7. The molecule has 0 unspecified atom stereocenters. The molecule has 9 heteroatoms. The van der Waals surface area contributed by atoms with E-state index in [0.29, 0.717) is 11.2 Å². The number of anilines is 1. The molecule has 1 aromatic heterocycles. The maximum Gasteiger partial charge on any atom is 0.407 e. The fraction of sp³-hybridized carbons (Fsp3) is 0.545. The van der Waals surface area contributed by atoms with Crippen LogP contribution < -0.4 is 4.31 Å². The first-order valence-electron chi connectivity index (χ1n) is 5.68. The van der Waals surface area contributed by atoms with E-state index >= 15 is 0 Å². The van der Waals surface area contributed by atoms with Crippen molar-refractivity contribution in [3.05, 3.63) is 24.5 Å². The summed E-state index contributed by atoms with van der Waals surface area (Å²) < 4.78 is 67.8. The molecule has 0 saturated carbocycles. The van der Waals surface area contributed by atoms with Crippen LogP contribution in [0.4, 0.5) is 18.9 Å². The monoisotopic (exact) mass is 312 g/mol. The van der Waals surface area contributed by atoms with E-state index in [9.17, 15) is 21.6 Å². The van der Waals surface area contributed by atoms with Crippen LogP contribution in [0.5, 0.6) is 0 Å². The average Bonchev–Trinajstić information content (AvgIpc) is 2.38. The summed E-state index contributed by atoms with van der Waals surface area (Å²) in [5.74, 6) is 0. The molecule has 0 aliphatic carbocycles. The zero-order valence-electron chi connectivity index (χ0n) is 11.0. The van der Waals surface area contributed by atoms with E-state index < -0.39 is 21.4 Å². The number of pyridine rings is 1. The molecule has 0 spiro atoms. The lowest BCUT2D eigenvalue weighted by Crippen LogP contribution is -2.45. The van der Waals surface area contributed by atoms with Crippen molar-refractivity contribution in [2.24, 2.45) is 0 Å². The number of sulfonamides is 1. The minimum atomic E-state index is -4.84. The van der Waals surface area contributed by atoms with Gasteiger partial charge in [-0.2, -0.15) is 13.2 Å². The number of hydrogen-bond acceptors (Lipinski definition) is 4. The highest BCUT2D eigenvalue weighted by molar-refractivity contribution is 7.93. The van der Waals surface area contributed by atoms with Crippen LogP contribution in [0, 0.1) is 0 Å². The van der Waals surface area contributed by atoms with Crippen LogP contribution in [0.3, 0.4) is 0 Å². The van der Waals surface area contributed by atoms with Gasteiger partial charge in [0.05, 0.1) is 18.8 Å².